The van der Waals surface area contributed by atoms with Crippen molar-refractivity contribution in [2.45, 2.75) is 64.8 Å². The van der Waals surface area contributed by atoms with Crippen LogP contribution in [-0.4, -0.2) is 39.5 Å². The fraction of sp³-hybridized carbons (Fsp3) is 1.00. The predicted molar refractivity (Wildman–Crippen MR) is 78.2 cm³/mol. The van der Waals surface area contributed by atoms with E-state index in [1.165, 1.54) is 38.5 Å². The van der Waals surface area contributed by atoms with Crippen LogP contribution in [0.5, 0.6) is 0 Å². The summed E-state index contributed by atoms with van der Waals surface area (Å²) < 4.78 is 10.3. The fourth-order valence-electron chi connectivity index (χ4n) is 1.92. The highest BCUT2D eigenvalue weighted by molar-refractivity contribution is 4.60. The Labute approximate surface area is 114 Å². The van der Waals surface area contributed by atoms with Gasteiger partial charge in [0.15, 0.2) is 0 Å². The van der Waals surface area contributed by atoms with Crippen molar-refractivity contribution in [3.05, 3.63) is 0 Å². The highest BCUT2D eigenvalue weighted by Gasteiger charge is 2.00. The Hall–Kier alpha value is -0.120. The van der Waals surface area contributed by atoms with Crippen molar-refractivity contribution < 1.29 is 9.47 Å². The van der Waals surface area contributed by atoms with Crippen LogP contribution in [0.4, 0.5) is 0 Å². The average molecular weight is 259 g/mol. The van der Waals surface area contributed by atoms with Gasteiger partial charge in [0.2, 0.25) is 0 Å². The van der Waals surface area contributed by atoms with E-state index in [0.29, 0.717) is 19.3 Å². The van der Waals surface area contributed by atoms with Crippen LogP contribution in [0, 0.1) is 0 Å². The average Bonchev–Trinajstić information content (AvgIpc) is 2.37. The molecule has 0 aromatic rings. The lowest BCUT2D eigenvalue weighted by Crippen LogP contribution is -2.27. The summed E-state index contributed by atoms with van der Waals surface area (Å²) >= 11 is 0. The first-order chi connectivity index (χ1) is 8.81. The van der Waals surface area contributed by atoms with Gasteiger partial charge in [-0.05, 0) is 26.3 Å². The topological polar surface area (TPSA) is 30.5 Å². The van der Waals surface area contributed by atoms with Gasteiger partial charge >= 0.3 is 0 Å². The summed E-state index contributed by atoms with van der Waals surface area (Å²) in [6.45, 7) is 7.85. The van der Waals surface area contributed by atoms with Crippen molar-refractivity contribution in [1.82, 2.24) is 5.32 Å². The molecule has 0 amide bonds. The predicted octanol–water partition coefficient (Wildman–Crippen LogP) is 3.38. The molecule has 3 nitrogen and oxygen atoms in total. The van der Waals surface area contributed by atoms with Gasteiger partial charge in [-0.1, -0.05) is 39.0 Å². The van der Waals surface area contributed by atoms with Crippen LogP contribution in [0.1, 0.15) is 58.8 Å². The minimum Gasteiger partial charge on any atom is -0.382 e. The summed E-state index contributed by atoms with van der Waals surface area (Å²) in [4.78, 5) is 0. The molecule has 18 heavy (non-hydrogen) atoms. The fourth-order valence-corrected chi connectivity index (χ4v) is 1.92. The van der Waals surface area contributed by atoms with E-state index in [1.807, 2.05) is 0 Å². The minimum atomic E-state index is 0.644. The number of hydrogen-bond donors (Lipinski definition) is 1. The third-order valence-electron chi connectivity index (χ3n) is 3.13. The van der Waals surface area contributed by atoms with Gasteiger partial charge in [0, 0.05) is 19.8 Å². The monoisotopic (exact) mass is 259 g/mol. The molecular formula is C15H33NO2. The normalized spacial score (nSPS) is 12.8. The summed E-state index contributed by atoms with van der Waals surface area (Å²) in [7, 11) is 1.70. The zero-order chi connectivity index (χ0) is 13.5. The first kappa shape index (κ1) is 17.9. The molecule has 1 unspecified atom stereocenters. The summed E-state index contributed by atoms with van der Waals surface area (Å²) in [5.41, 5.74) is 0. The molecule has 110 valence electrons. The SMILES string of the molecule is CCCCCCCC(C)NCCCOCCOC. The third kappa shape index (κ3) is 13.9. The first-order valence-corrected chi connectivity index (χ1v) is 7.61. The van der Waals surface area contributed by atoms with Crippen LogP contribution in [0.2, 0.25) is 0 Å². The largest absolute Gasteiger partial charge is 0.382 e. The molecule has 0 spiro atoms. The zero-order valence-electron chi connectivity index (χ0n) is 12.7. The molecule has 0 bridgehead atoms. The maximum atomic E-state index is 5.42. The van der Waals surface area contributed by atoms with E-state index in [2.05, 4.69) is 19.2 Å². The molecule has 0 saturated heterocycles. The van der Waals surface area contributed by atoms with Crippen molar-refractivity contribution in [1.29, 1.82) is 0 Å². The lowest BCUT2D eigenvalue weighted by atomic mass is 10.1. The molecular weight excluding hydrogens is 226 g/mol. The lowest BCUT2D eigenvalue weighted by molar-refractivity contribution is 0.0692. The second-order valence-corrected chi connectivity index (χ2v) is 5.02. The maximum absolute atomic E-state index is 5.42. The summed E-state index contributed by atoms with van der Waals surface area (Å²) in [5, 5.41) is 3.55. The molecule has 0 aliphatic heterocycles. The van der Waals surface area contributed by atoms with Crippen molar-refractivity contribution in [2.24, 2.45) is 0 Å². The Balaban J connectivity index is 3.09. The molecule has 0 heterocycles. The van der Waals surface area contributed by atoms with Gasteiger partial charge in [-0.15, -0.1) is 0 Å². The quantitative estimate of drug-likeness (QED) is 0.485. The van der Waals surface area contributed by atoms with Crippen LogP contribution in [-0.2, 0) is 9.47 Å². The van der Waals surface area contributed by atoms with Gasteiger partial charge in [-0.2, -0.15) is 0 Å². The van der Waals surface area contributed by atoms with Gasteiger partial charge in [0.1, 0.15) is 0 Å². The zero-order valence-corrected chi connectivity index (χ0v) is 12.7. The standard InChI is InChI=1S/C15H33NO2/c1-4-5-6-7-8-10-15(2)16-11-9-12-18-14-13-17-3/h15-16H,4-14H2,1-3H3. The van der Waals surface area contributed by atoms with Crippen molar-refractivity contribution in [3.8, 4) is 0 Å². The van der Waals surface area contributed by atoms with Crippen LogP contribution in [0.25, 0.3) is 0 Å². The smallest absolute Gasteiger partial charge is 0.0700 e. The molecule has 0 saturated carbocycles. The van der Waals surface area contributed by atoms with E-state index in [-0.39, 0.29) is 0 Å². The van der Waals surface area contributed by atoms with E-state index in [1.54, 1.807) is 7.11 Å². The molecule has 0 aromatic carbocycles. The van der Waals surface area contributed by atoms with Gasteiger partial charge in [0.25, 0.3) is 0 Å². The van der Waals surface area contributed by atoms with Crippen LogP contribution < -0.4 is 5.32 Å². The maximum Gasteiger partial charge on any atom is 0.0700 e. The van der Waals surface area contributed by atoms with Crippen molar-refractivity contribution >= 4 is 0 Å². The Morgan fingerprint density at radius 2 is 1.72 bits per heavy atom. The molecule has 0 aromatic heterocycles. The number of hydrogen-bond acceptors (Lipinski definition) is 3. The van der Waals surface area contributed by atoms with Crippen molar-refractivity contribution in [2.75, 3.05) is 33.5 Å². The molecule has 0 aliphatic rings. The van der Waals surface area contributed by atoms with Gasteiger partial charge in [-0.3, -0.25) is 0 Å². The van der Waals surface area contributed by atoms with Gasteiger partial charge in [0.05, 0.1) is 13.2 Å². The van der Waals surface area contributed by atoms with Crippen LogP contribution >= 0.6 is 0 Å². The molecule has 0 aliphatic carbocycles. The van der Waals surface area contributed by atoms with Gasteiger partial charge in [-0.25, -0.2) is 0 Å². The van der Waals surface area contributed by atoms with Gasteiger partial charge < -0.3 is 14.8 Å². The summed E-state index contributed by atoms with van der Waals surface area (Å²) in [6.07, 6.45) is 9.25. The Morgan fingerprint density at radius 1 is 0.944 bits per heavy atom. The lowest BCUT2D eigenvalue weighted by Gasteiger charge is -2.13. The summed E-state index contributed by atoms with van der Waals surface area (Å²) in [5.74, 6) is 0. The van der Waals surface area contributed by atoms with Crippen LogP contribution in [0.3, 0.4) is 0 Å². The number of ether oxygens (including phenoxy) is 2. The van der Waals surface area contributed by atoms with E-state index < -0.39 is 0 Å². The van der Waals surface area contributed by atoms with Crippen molar-refractivity contribution in [3.63, 3.8) is 0 Å². The molecule has 0 radical (unpaired) electrons. The highest BCUT2D eigenvalue weighted by Crippen LogP contribution is 2.06. The van der Waals surface area contributed by atoms with E-state index in [9.17, 15) is 0 Å². The highest BCUT2D eigenvalue weighted by atomic mass is 16.5. The minimum absolute atomic E-state index is 0.644. The number of nitrogens with one attached hydrogen (secondary N) is 1. The summed E-state index contributed by atoms with van der Waals surface area (Å²) in [6, 6.07) is 0.644. The molecule has 0 fully saturated rings. The second-order valence-electron chi connectivity index (χ2n) is 5.02. The molecule has 1 N–H and O–H groups in total. The van der Waals surface area contributed by atoms with E-state index in [0.717, 1.165) is 19.6 Å². The number of unbranched alkanes of at least 4 members (excludes halogenated alkanes) is 4. The van der Waals surface area contributed by atoms with Crippen LogP contribution in [0.15, 0.2) is 0 Å². The third-order valence-corrected chi connectivity index (χ3v) is 3.13. The van der Waals surface area contributed by atoms with E-state index >= 15 is 0 Å². The first-order valence-electron chi connectivity index (χ1n) is 7.61. The number of rotatable bonds is 14. The molecule has 1 atom stereocenters. The Morgan fingerprint density at radius 3 is 2.44 bits per heavy atom. The Kier molecular flexibility index (Phi) is 14.8. The molecule has 3 heteroatoms. The molecule has 0 rings (SSSR count). The number of methoxy groups -OCH3 is 1. The van der Waals surface area contributed by atoms with E-state index in [4.69, 9.17) is 9.47 Å². The Bertz CT molecular complexity index is 153. The second kappa shape index (κ2) is 14.9.